The first kappa shape index (κ1) is 14.1. The third-order valence-corrected chi connectivity index (χ3v) is 4.08. The zero-order valence-corrected chi connectivity index (χ0v) is 11.8. The molecule has 1 unspecified atom stereocenters. The van der Waals surface area contributed by atoms with E-state index >= 15 is 0 Å². The first-order valence-corrected chi connectivity index (χ1v) is 7.14. The fraction of sp³-hybridized carbons (Fsp3) is 0.500. The van der Waals surface area contributed by atoms with Crippen molar-refractivity contribution in [2.45, 2.75) is 25.4 Å². The Hall–Kier alpha value is -1.35. The maximum Gasteiger partial charge on any atom is 0.264 e. The molecule has 0 aromatic carbocycles. The number of nitrogens with two attached hydrogens (primary N) is 1. The van der Waals surface area contributed by atoms with Crippen molar-refractivity contribution >= 4 is 17.2 Å². The van der Waals surface area contributed by atoms with Crippen LogP contribution in [0.2, 0.25) is 0 Å². The van der Waals surface area contributed by atoms with Crippen LogP contribution in [0.4, 0.5) is 0 Å². The Kier molecular flexibility index (Phi) is 4.25. The number of thiophene rings is 1. The predicted octanol–water partition coefficient (Wildman–Crippen LogP) is 1.05. The van der Waals surface area contributed by atoms with Crippen LogP contribution in [0.3, 0.4) is 0 Å². The summed E-state index contributed by atoms with van der Waals surface area (Å²) in [5, 5.41) is 10.0. The van der Waals surface area contributed by atoms with Gasteiger partial charge in [-0.2, -0.15) is 0 Å². The summed E-state index contributed by atoms with van der Waals surface area (Å²) in [7, 11) is 0. The van der Waals surface area contributed by atoms with E-state index in [1.165, 1.54) is 11.3 Å². The molecule has 1 amide bonds. The summed E-state index contributed by atoms with van der Waals surface area (Å²) in [6, 6.07) is 3.62. The van der Waals surface area contributed by atoms with Gasteiger partial charge >= 0.3 is 0 Å². The second-order valence-corrected chi connectivity index (χ2v) is 6.08. The molecule has 2 rings (SSSR count). The molecule has 2 heterocycles. The summed E-state index contributed by atoms with van der Waals surface area (Å²) in [4.78, 5) is 15.6. The van der Waals surface area contributed by atoms with E-state index in [4.69, 9.17) is 5.73 Å². The molecule has 0 bridgehead atoms. The van der Waals surface area contributed by atoms with Crippen LogP contribution in [0, 0.1) is 11.8 Å². The molecule has 0 spiro atoms. The Morgan fingerprint density at radius 1 is 1.63 bits per heavy atom. The molecule has 1 aromatic heterocycles. The number of hydrogen-bond donors (Lipinski definition) is 2. The lowest BCUT2D eigenvalue weighted by Crippen LogP contribution is -2.48. The SMILES string of the molecule is CC1(O)CCCN(C(=O)c2ccc(C#CCN)s2)C1. The van der Waals surface area contributed by atoms with Crippen LogP contribution in [0.25, 0.3) is 0 Å². The molecule has 3 N–H and O–H groups in total. The summed E-state index contributed by atoms with van der Waals surface area (Å²) < 4.78 is 0. The molecular formula is C14H18N2O2S. The molecule has 1 fully saturated rings. The van der Waals surface area contributed by atoms with E-state index in [2.05, 4.69) is 11.8 Å². The average molecular weight is 278 g/mol. The van der Waals surface area contributed by atoms with Crippen LogP contribution in [0.5, 0.6) is 0 Å². The van der Waals surface area contributed by atoms with Gasteiger partial charge in [0.1, 0.15) is 0 Å². The number of carbonyl (C=O) groups excluding carboxylic acids is 1. The summed E-state index contributed by atoms with van der Waals surface area (Å²) in [5.41, 5.74) is 4.55. The monoisotopic (exact) mass is 278 g/mol. The minimum absolute atomic E-state index is 0.0224. The van der Waals surface area contributed by atoms with E-state index < -0.39 is 5.60 Å². The third-order valence-electron chi connectivity index (χ3n) is 3.09. The Balaban J connectivity index is 2.09. The van der Waals surface area contributed by atoms with E-state index in [-0.39, 0.29) is 5.91 Å². The molecule has 19 heavy (non-hydrogen) atoms. The van der Waals surface area contributed by atoms with Crippen molar-refractivity contribution in [1.82, 2.24) is 4.90 Å². The smallest absolute Gasteiger partial charge is 0.264 e. The molecular weight excluding hydrogens is 260 g/mol. The third kappa shape index (κ3) is 3.57. The maximum atomic E-state index is 12.3. The van der Waals surface area contributed by atoms with Crippen molar-refractivity contribution < 1.29 is 9.90 Å². The lowest BCUT2D eigenvalue weighted by Gasteiger charge is -2.36. The van der Waals surface area contributed by atoms with Gasteiger partial charge in [-0.3, -0.25) is 4.79 Å². The van der Waals surface area contributed by atoms with Crippen LogP contribution >= 0.6 is 11.3 Å². The second kappa shape index (κ2) is 5.74. The van der Waals surface area contributed by atoms with Crippen molar-refractivity contribution in [3.05, 3.63) is 21.9 Å². The summed E-state index contributed by atoms with van der Waals surface area (Å²) in [5.74, 6) is 5.67. The molecule has 4 nitrogen and oxygen atoms in total. The fourth-order valence-corrected chi connectivity index (χ4v) is 3.06. The number of hydrogen-bond acceptors (Lipinski definition) is 4. The Morgan fingerprint density at radius 3 is 3.11 bits per heavy atom. The number of rotatable bonds is 1. The van der Waals surface area contributed by atoms with E-state index in [1.54, 1.807) is 17.9 Å². The second-order valence-electron chi connectivity index (χ2n) is 5.00. The first-order valence-electron chi connectivity index (χ1n) is 6.32. The summed E-state index contributed by atoms with van der Waals surface area (Å²) in [6.07, 6.45) is 1.58. The van der Waals surface area contributed by atoms with Crippen LogP contribution in [0.1, 0.15) is 34.3 Å². The lowest BCUT2D eigenvalue weighted by atomic mass is 9.95. The largest absolute Gasteiger partial charge is 0.388 e. The molecule has 0 radical (unpaired) electrons. The molecule has 5 heteroatoms. The molecule has 1 aliphatic rings. The zero-order chi connectivity index (χ0) is 13.9. The highest BCUT2D eigenvalue weighted by Gasteiger charge is 2.31. The van der Waals surface area contributed by atoms with E-state index in [0.29, 0.717) is 24.5 Å². The highest BCUT2D eigenvalue weighted by atomic mass is 32.1. The number of carbonyl (C=O) groups is 1. The van der Waals surface area contributed by atoms with Gasteiger partial charge < -0.3 is 15.7 Å². The number of aliphatic hydroxyl groups is 1. The topological polar surface area (TPSA) is 66.6 Å². The van der Waals surface area contributed by atoms with Gasteiger partial charge in [0.2, 0.25) is 0 Å². The van der Waals surface area contributed by atoms with Gasteiger partial charge in [-0.15, -0.1) is 11.3 Å². The van der Waals surface area contributed by atoms with Gasteiger partial charge in [-0.05, 0) is 31.9 Å². The van der Waals surface area contributed by atoms with Crippen molar-refractivity contribution in [2.24, 2.45) is 5.73 Å². The molecule has 102 valence electrons. The van der Waals surface area contributed by atoms with Crippen molar-refractivity contribution in [3.8, 4) is 11.8 Å². The molecule has 0 aliphatic carbocycles. The van der Waals surface area contributed by atoms with Crippen LogP contribution in [0.15, 0.2) is 12.1 Å². The van der Waals surface area contributed by atoms with Crippen LogP contribution in [-0.4, -0.2) is 41.1 Å². The minimum atomic E-state index is -0.770. The number of piperidine rings is 1. The number of β-amino-alcohol motifs (C(OH)–C–C–N with tert-alkyl or cyclic N) is 1. The normalized spacial score (nSPS) is 22.8. The van der Waals surface area contributed by atoms with Crippen LogP contribution < -0.4 is 5.73 Å². The van der Waals surface area contributed by atoms with E-state index in [0.717, 1.165) is 17.7 Å². The van der Waals surface area contributed by atoms with Gasteiger partial charge in [0.05, 0.1) is 21.9 Å². The predicted molar refractivity (Wildman–Crippen MR) is 76.0 cm³/mol. The molecule has 1 aliphatic heterocycles. The number of amides is 1. The first-order chi connectivity index (χ1) is 9.02. The Labute approximate surface area is 117 Å². The minimum Gasteiger partial charge on any atom is -0.388 e. The van der Waals surface area contributed by atoms with Gasteiger partial charge in [0.15, 0.2) is 0 Å². The van der Waals surface area contributed by atoms with Gasteiger partial charge in [-0.25, -0.2) is 0 Å². The molecule has 1 saturated heterocycles. The summed E-state index contributed by atoms with van der Waals surface area (Å²) >= 11 is 1.37. The summed E-state index contributed by atoms with van der Waals surface area (Å²) in [6.45, 7) is 3.19. The van der Waals surface area contributed by atoms with E-state index in [1.807, 2.05) is 6.07 Å². The molecule has 1 atom stereocenters. The molecule has 1 aromatic rings. The van der Waals surface area contributed by atoms with Gasteiger partial charge in [-0.1, -0.05) is 11.8 Å². The van der Waals surface area contributed by atoms with Gasteiger partial charge in [0.25, 0.3) is 5.91 Å². The Bertz CT molecular complexity index is 525. The number of nitrogens with zero attached hydrogens (tertiary/aromatic N) is 1. The highest BCUT2D eigenvalue weighted by Crippen LogP contribution is 2.24. The fourth-order valence-electron chi connectivity index (χ4n) is 2.21. The number of likely N-dealkylation sites (tertiary alicyclic amines) is 1. The van der Waals surface area contributed by atoms with Crippen LogP contribution in [-0.2, 0) is 0 Å². The zero-order valence-electron chi connectivity index (χ0n) is 11.0. The standard InChI is InChI=1S/C14H18N2O2S/c1-14(18)7-3-9-16(10-14)13(17)12-6-5-11(19-12)4-2-8-15/h5-6,18H,3,7-10,15H2,1H3. The van der Waals surface area contributed by atoms with Crippen molar-refractivity contribution in [2.75, 3.05) is 19.6 Å². The maximum absolute atomic E-state index is 12.3. The van der Waals surface area contributed by atoms with Gasteiger partial charge in [0, 0.05) is 13.1 Å². The average Bonchev–Trinajstić information content (AvgIpc) is 2.83. The van der Waals surface area contributed by atoms with Crippen molar-refractivity contribution in [1.29, 1.82) is 0 Å². The quantitative estimate of drug-likeness (QED) is 0.755. The highest BCUT2D eigenvalue weighted by molar-refractivity contribution is 7.14. The van der Waals surface area contributed by atoms with E-state index in [9.17, 15) is 9.90 Å². The lowest BCUT2D eigenvalue weighted by molar-refractivity contribution is -0.0105. The van der Waals surface area contributed by atoms with Crippen molar-refractivity contribution in [3.63, 3.8) is 0 Å². The Morgan fingerprint density at radius 2 is 2.42 bits per heavy atom. The molecule has 0 saturated carbocycles.